The summed E-state index contributed by atoms with van der Waals surface area (Å²) in [5.74, 6) is -0.248. The van der Waals surface area contributed by atoms with Crippen LogP contribution in [0.1, 0.15) is 61.8 Å². The summed E-state index contributed by atoms with van der Waals surface area (Å²) >= 11 is 6.03. The van der Waals surface area contributed by atoms with Crippen LogP contribution in [0.5, 0.6) is 0 Å². The molecule has 3 aromatic rings. The molecule has 7 nitrogen and oxygen atoms in total. The second-order valence-electron chi connectivity index (χ2n) is 11.4. The fraction of sp³-hybridized carbons (Fsp3) is 0.412. The van der Waals surface area contributed by atoms with E-state index >= 15 is 0 Å². The molecule has 4 rings (SSSR count). The van der Waals surface area contributed by atoms with E-state index in [4.69, 9.17) is 11.6 Å². The lowest BCUT2D eigenvalue weighted by molar-refractivity contribution is -0.133. The highest BCUT2D eigenvalue weighted by Gasteiger charge is 2.28. The van der Waals surface area contributed by atoms with E-state index in [0.717, 1.165) is 55.6 Å². The molecule has 0 aliphatic carbocycles. The number of amides is 2. The lowest BCUT2D eigenvalue weighted by atomic mass is 9.97. The van der Waals surface area contributed by atoms with Crippen LogP contribution in [0.4, 0.5) is 0 Å². The Labute approximate surface area is 261 Å². The van der Waals surface area contributed by atoms with Crippen LogP contribution in [-0.2, 0) is 25.8 Å². The van der Waals surface area contributed by atoms with Gasteiger partial charge in [0.25, 0.3) is 0 Å². The first-order valence-corrected chi connectivity index (χ1v) is 17.2. The lowest BCUT2D eigenvalue weighted by Crippen LogP contribution is -2.48. The van der Waals surface area contributed by atoms with Gasteiger partial charge in [0.2, 0.25) is 11.8 Å². The number of rotatable bonds is 12. The molecule has 3 aromatic carbocycles. The Hall–Kier alpha value is -3.20. The molecule has 1 aliphatic heterocycles. The molecular formula is C34H42ClN3O4S. The summed E-state index contributed by atoms with van der Waals surface area (Å²) in [7, 11) is -3.27. The Morgan fingerprint density at radius 1 is 0.953 bits per heavy atom. The minimum atomic E-state index is -3.27. The highest BCUT2D eigenvalue weighted by molar-refractivity contribution is 7.90. The summed E-state index contributed by atoms with van der Waals surface area (Å²) in [6.07, 6.45) is 4.00. The van der Waals surface area contributed by atoms with E-state index in [2.05, 4.69) is 22.3 Å². The minimum absolute atomic E-state index is 0.0158. The van der Waals surface area contributed by atoms with Crippen molar-refractivity contribution in [3.8, 4) is 0 Å². The number of likely N-dealkylation sites (tertiary alicyclic amines) is 1. The number of nitrogens with zero attached hydrogens (tertiary/aromatic N) is 2. The summed E-state index contributed by atoms with van der Waals surface area (Å²) < 4.78 is 23.5. The van der Waals surface area contributed by atoms with Crippen LogP contribution in [0, 0.1) is 0 Å². The van der Waals surface area contributed by atoms with Crippen LogP contribution in [0.2, 0.25) is 5.02 Å². The predicted octanol–water partition coefficient (Wildman–Crippen LogP) is 5.65. The fourth-order valence-corrected chi connectivity index (χ4v) is 6.50. The molecule has 0 bridgehead atoms. The second-order valence-corrected chi connectivity index (χ2v) is 13.8. The fourth-order valence-electron chi connectivity index (χ4n) is 5.74. The van der Waals surface area contributed by atoms with E-state index in [-0.39, 0.29) is 41.1 Å². The molecule has 230 valence electrons. The van der Waals surface area contributed by atoms with Gasteiger partial charge in [-0.1, -0.05) is 66.2 Å². The summed E-state index contributed by atoms with van der Waals surface area (Å²) in [6.45, 7) is 7.17. The Balaban J connectivity index is 1.31. The largest absolute Gasteiger partial charge is 0.349 e. The monoisotopic (exact) mass is 623 g/mol. The molecule has 1 aliphatic rings. The van der Waals surface area contributed by atoms with E-state index in [9.17, 15) is 18.0 Å². The number of benzene rings is 3. The van der Waals surface area contributed by atoms with E-state index in [0.29, 0.717) is 11.6 Å². The third-order valence-electron chi connectivity index (χ3n) is 8.38. The topological polar surface area (TPSA) is 86.8 Å². The van der Waals surface area contributed by atoms with Crippen molar-refractivity contribution in [1.82, 2.24) is 15.1 Å². The second kappa shape index (κ2) is 15.0. The average Bonchev–Trinajstić information content (AvgIpc) is 3.00. The van der Waals surface area contributed by atoms with Gasteiger partial charge in [0.1, 0.15) is 0 Å². The SMILES string of the molecule is CCN(C(=O)Cc1ccc(S(C)(=O)=O)cc1)C1CCN(CC[C@H](NC(=O)C(C)c2ccc(Cl)cc2)c2ccccc2)CC1. The molecule has 2 atom stereocenters. The normalized spacial score (nSPS) is 15.9. The van der Waals surface area contributed by atoms with Gasteiger partial charge in [-0.25, -0.2) is 8.42 Å². The maximum atomic E-state index is 13.2. The van der Waals surface area contributed by atoms with Crippen molar-refractivity contribution in [1.29, 1.82) is 0 Å². The number of likely N-dealkylation sites (N-methyl/N-ethyl adjacent to an activating group) is 1. The van der Waals surface area contributed by atoms with Crippen molar-refractivity contribution in [2.24, 2.45) is 0 Å². The number of halogens is 1. The molecule has 2 amide bonds. The Morgan fingerprint density at radius 3 is 2.16 bits per heavy atom. The highest BCUT2D eigenvalue weighted by Crippen LogP contribution is 2.24. The number of piperidine rings is 1. The lowest BCUT2D eigenvalue weighted by Gasteiger charge is -2.38. The molecule has 1 unspecified atom stereocenters. The highest BCUT2D eigenvalue weighted by atomic mass is 35.5. The predicted molar refractivity (Wildman–Crippen MR) is 172 cm³/mol. The van der Waals surface area contributed by atoms with Crippen LogP contribution in [0.25, 0.3) is 0 Å². The molecule has 0 saturated carbocycles. The summed E-state index contributed by atoms with van der Waals surface area (Å²) in [4.78, 5) is 31.1. The first-order chi connectivity index (χ1) is 20.5. The number of hydrogen-bond acceptors (Lipinski definition) is 5. The summed E-state index contributed by atoms with van der Waals surface area (Å²) in [6, 6.07) is 24.2. The van der Waals surface area contributed by atoms with Crippen molar-refractivity contribution in [3.05, 3.63) is 101 Å². The van der Waals surface area contributed by atoms with Gasteiger partial charge in [-0.05, 0) is 74.1 Å². The molecule has 1 saturated heterocycles. The summed E-state index contributed by atoms with van der Waals surface area (Å²) in [5, 5.41) is 3.93. The van der Waals surface area contributed by atoms with Crippen LogP contribution >= 0.6 is 11.6 Å². The first kappa shape index (κ1) is 32.7. The van der Waals surface area contributed by atoms with Crippen molar-refractivity contribution in [2.75, 3.05) is 32.4 Å². The van der Waals surface area contributed by atoms with Gasteiger partial charge in [0.05, 0.1) is 23.3 Å². The van der Waals surface area contributed by atoms with E-state index in [1.807, 2.05) is 61.2 Å². The molecule has 1 heterocycles. The molecule has 0 aromatic heterocycles. The standard InChI is InChI=1S/C34H42ClN3O4S/c1-4-38(33(39)24-26-10-16-31(17-11-26)43(3,41)42)30-18-21-37(22-19-30)23-20-32(28-8-6-5-7-9-28)36-34(40)25(2)27-12-14-29(35)15-13-27/h5-17,25,30,32H,4,18-24H2,1-3H3,(H,36,40)/t25?,32-/m0/s1. The number of carbonyl (C=O) groups excluding carboxylic acids is 2. The first-order valence-electron chi connectivity index (χ1n) is 15.0. The van der Waals surface area contributed by atoms with Crippen LogP contribution < -0.4 is 5.32 Å². The zero-order valence-corrected chi connectivity index (χ0v) is 26.8. The van der Waals surface area contributed by atoms with Gasteiger partial charge < -0.3 is 15.1 Å². The average molecular weight is 624 g/mol. The third kappa shape index (κ3) is 9.15. The van der Waals surface area contributed by atoms with Crippen molar-refractivity contribution < 1.29 is 18.0 Å². The van der Waals surface area contributed by atoms with E-state index in [1.165, 1.54) is 6.26 Å². The van der Waals surface area contributed by atoms with E-state index in [1.54, 1.807) is 24.3 Å². The Morgan fingerprint density at radius 2 is 1.58 bits per heavy atom. The molecule has 43 heavy (non-hydrogen) atoms. The number of hydrogen-bond donors (Lipinski definition) is 1. The van der Waals surface area contributed by atoms with Gasteiger partial charge >= 0.3 is 0 Å². The van der Waals surface area contributed by atoms with Crippen LogP contribution in [0.3, 0.4) is 0 Å². The Kier molecular flexibility index (Phi) is 11.4. The quantitative estimate of drug-likeness (QED) is 0.282. The maximum absolute atomic E-state index is 13.2. The minimum Gasteiger partial charge on any atom is -0.349 e. The molecule has 1 N–H and O–H groups in total. The third-order valence-corrected chi connectivity index (χ3v) is 9.76. The van der Waals surface area contributed by atoms with Gasteiger partial charge in [-0.3, -0.25) is 9.59 Å². The van der Waals surface area contributed by atoms with Crippen molar-refractivity contribution in [2.45, 2.75) is 62.4 Å². The molecule has 0 radical (unpaired) electrons. The van der Waals surface area contributed by atoms with Gasteiger partial charge in [0, 0.05) is 43.5 Å². The molecule has 0 spiro atoms. The summed E-state index contributed by atoms with van der Waals surface area (Å²) in [5.41, 5.74) is 2.82. The number of nitrogens with one attached hydrogen (secondary N) is 1. The van der Waals surface area contributed by atoms with Crippen LogP contribution in [-0.4, -0.2) is 68.5 Å². The van der Waals surface area contributed by atoms with Gasteiger partial charge in [-0.2, -0.15) is 0 Å². The molecular weight excluding hydrogens is 582 g/mol. The maximum Gasteiger partial charge on any atom is 0.227 e. The smallest absolute Gasteiger partial charge is 0.227 e. The molecule has 1 fully saturated rings. The Bertz CT molecular complexity index is 1460. The number of carbonyl (C=O) groups is 2. The zero-order chi connectivity index (χ0) is 31.0. The van der Waals surface area contributed by atoms with E-state index < -0.39 is 9.84 Å². The van der Waals surface area contributed by atoms with Crippen molar-refractivity contribution in [3.63, 3.8) is 0 Å². The van der Waals surface area contributed by atoms with Gasteiger partial charge in [0.15, 0.2) is 9.84 Å². The van der Waals surface area contributed by atoms with Crippen molar-refractivity contribution >= 4 is 33.3 Å². The number of sulfone groups is 1. The van der Waals surface area contributed by atoms with Crippen LogP contribution in [0.15, 0.2) is 83.8 Å². The zero-order valence-electron chi connectivity index (χ0n) is 25.2. The van der Waals surface area contributed by atoms with Gasteiger partial charge in [-0.15, -0.1) is 0 Å². The molecule has 9 heteroatoms.